The minimum Gasteiger partial charge on any atom is -0.403 e. The van der Waals surface area contributed by atoms with Crippen molar-refractivity contribution in [3.05, 3.63) is 75.8 Å². The number of non-ortho nitro benzene ring substituents is 1. The lowest BCUT2D eigenvalue weighted by Gasteiger charge is -1.97. The first-order valence-corrected chi connectivity index (χ1v) is 7.65. The summed E-state index contributed by atoms with van der Waals surface area (Å²) in [6.07, 6.45) is 2.69. The molecule has 0 saturated carbocycles. The van der Waals surface area contributed by atoms with Crippen LogP contribution in [-0.2, 0) is 4.79 Å². The van der Waals surface area contributed by atoms with Gasteiger partial charge in [-0.15, -0.1) is 5.10 Å². The number of carbonyl (C=O) groups excluding carboxylic acids is 1. The van der Waals surface area contributed by atoms with Gasteiger partial charge in [0.2, 0.25) is 5.89 Å². The van der Waals surface area contributed by atoms with Crippen molar-refractivity contribution < 1.29 is 14.1 Å². The van der Waals surface area contributed by atoms with E-state index in [1.807, 2.05) is 31.2 Å². The van der Waals surface area contributed by atoms with Gasteiger partial charge in [0.1, 0.15) is 0 Å². The summed E-state index contributed by atoms with van der Waals surface area (Å²) >= 11 is 0. The normalized spacial score (nSPS) is 10.8. The summed E-state index contributed by atoms with van der Waals surface area (Å²) in [6, 6.07) is 13.4. The first-order chi connectivity index (χ1) is 12.5. The second-order valence-electron chi connectivity index (χ2n) is 5.45. The highest BCUT2D eigenvalue weighted by atomic mass is 16.6. The van der Waals surface area contributed by atoms with Crippen LogP contribution in [0.5, 0.6) is 0 Å². The number of nitro benzene ring substituents is 1. The van der Waals surface area contributed by atoms with Crippen LogP contribution in [0, 0.1) is 17.0 Å². The number of aryl methyl sites for hydroxylation is 1. The van der Waals surface area contributed by atoms with Crippen molar-refractivity contribution in [2.75, 3.05) is 5.32 Å². The number of nitrogens with one attached hydrogen (secondary N) is 1. The van der Waals surface area contributed by atoms with Gasteiger partial charge >= 0.3 is 6.01 Å². The molecule has 1 heterocycles. The number of benzene rings is 2. The molecule has 0 radical (unpaired) electrons. The fraction of sp³-hybridized carbons (Fsp3) is 0.0556. The maximum absolute atomic E-state index is 11.9. The highest BCUT2D eigenvalue weighted by molar-refractivity contribution is 6.00. The van der Waals surface area contributed by atoms with E-state index in [1.165, 1.54) is 24.3 Å². The Balaban J connectivity index is 1.66. The molecule has 0 bridgehead atoms. The Morgan fingerprint density at radius 2 is 1.96 bits per heavy atom. The van der Waals surface area contributed by atoms with Crippen molar-refractivity contribution in [3.8, 4) is 11.5 Å². The van der Waals surface area contributed by atoms with Crippen LogP contribution in [0.2, 0.25) is 0 Å². The van der Waals surface area contributed by atoms with E-state index in [4.69, 9.17) is 4.42 Å². The van der Waals surface area contributed by atoms with Crippen LogP contribution in [0.3, 0.4) is 0 Å². The summed E-state index contributed by atoms with van der Waals surface area (Å²) in [7, 11) is 0. The first kappa shape index (κ1) is 17.0. The highest BCUT2D eigenvalue weighted by Gasteiger charge is 2.10. The van der Waals surface area contributed by atoms with Crippen molar-refractivity contribution >= 4 is 23.7 Å². The van der Waals surface area contributed by atoms with E-state index in [1.54, 1.807) is 12.1 Å². The lowest BCUT2D eigenvalue weighted by Crippen LogP contribution is -2.07. The second kappa shape index (κ2) is 7.39. The molecule has 0 fully saturated rings. The van der Waals surface area contributed by atoms with Crippen molar-refractivity contribution in [1.82, 2.24) is 10.2 Å². The molecule has 0 atom stereocenters. The average molecular weight is 350 g/mol. The van der Waals surface area contributed by atoms with Crippen molar-refractivity contribution in [2.45, 2.75) is 6.92 Å². The highest BCUT2D eigenvalue weighted by Crippen LogP contribution is 2.20. The fourth-order valence-electron chi connectivity index (χ4n) is 2.15. The molecule has 1 aromatic heterocycles. The minimum atomic E-state index is -0.498. The number of rotatable bonds is 5. The molecule has 3 aromatic rings. The molecule has 0 saturated heterocycles. The number of amides is 1. The van der Waals surface area contributed by atoms with Crippen LogP contribution in [0.15, 0.2) is 59.0 Å². The molecular formula is C18H14N4O4. The van der Waals surface area contributed by atoms with Gasteiger partial charge in [-0.05, 0) is 30.7 Å². The van der Waals surface area contributed by atoms with Crippen LogP contribution >= 0.6 is 0 Å². The maximum atomic E-state index is 11.9. The Morgan fingerprint density at radius 1 is 1.19 bits per heavy atom. The summed E-state index contributed by atoms with van der Waals surface area (Å²) in [5.74, 6) is -0.196. The number of hydrogen-bond acceptors (Lipinski definition) is 6. The summed E-state index contributed by atoms with van der Waals surface area (Å²) in [5.41, 5.74) is 2.33. The molecule has 1 N–H and O–H groups in total. The van der Waals surface area contributed by atoms with E-state index in [-0.39, 0.29) is 11.7 Å². The average Bonchev–Trinajstić information content (AvgIpc) is 3.09. The molecule has 0 unspecified atom stereocenters. The molecule has 0 aliphatic carbocycles. The summed E-state index contributed by atoms with van der Waals surface area (Å²) in [5, 5.41) is 20.9. The SMILES string of the molecule is Cc1ccc(-c2nnc(NC(=O)/C=C/c3cccc([N+](=O)[O-])c3)o2)cc1. The molecule has 0 aliphatic heterocycles. The zero-order valence-corrected chi connectivity index (χ0v) is 13.7. The Kier molecular flexibility index (Phi) is 4.84. The van der Waals surface area contributed by atoms with E-state index < -0.39 is 10.8 Å². The zero-order chi connectivity index (χ0) is 18.5. The number of nitrogens with zero attached hydrogens (tertiary/aromatic N) is 3. The number of carbonyl (C=O) groups is 1. The van der Waals surface area contributed by atoms with Crippen LogP contribution < -0.4 is 5.32 Å². The smallest absolute Gasteiger partial charge is 0.322 e. The third-order valence-electron chi connectivity index (χ3n) is 3.46. The molecule has 3 rings (SSSR count). The van der Waals surface area contributed by atoms with Gasteiger partial charge in [0.05, 0.1) is 4.92 Å². The molecule has 8 nitrogen and oxygen atoms in total. The van der Waals surface area contributed by atoms with Gasteiger partial charge in [-0.3, -0.25) is 20.2 Å². The number of hydrogen-bond donors (Lipinski definition) is 1. The molecule has 2 aromatic carbocycles. The molecule has 8 heteroatoms. The van der Waals surface area contributed by atoms with E-state index in [2.05, 4.69) is 15.5 Å². The van der Waals surface area contributed by atoms with Crippen LogP contribution in [0.25, 0.3) is 17.5 Å². The van der Waals surface area contributed by atoms with E-state index in [0.717, 1.165) is 11.1 Å². The van der Waals surface area contributed by atoms with Gasteiger partial charge in [0, 0.05) is 23.8 Å². The van der Waals surface area contributed by atoms with E-state index >= 15 is 0 Å². The van der Waals surface area contributed by atoms with Gasteiger partial charge in [-0.2, -0.15) is 0 Å². The molecule has 26 heavy (non-hydrogen) atoms. The fourth-order valence-corrected chi connectivity index (χ4v) is 2.15. The Hall–Kier alpha value is -3.81. The lowest BCUT2D eigenvalue weighted by atomic mass is 10.1. The van der Waals surface area contributed by atoms with Gasteiger partial charge in [-0.25, -0.2) is 0 Å². The number of nitro groups is 1. The second-order valence-corrected chi connectivity index (χ2v) is 5.45. The molecule has 1 amide bonds. The van der Waals surface area contributed by atoms with Gasteiger partial charge in [-0.1, -0.05) is 34.9 Å². The van der Waals surface area contributed by atoms with Crippen LogP contribution in [-0.4, -0.2) is 21.0 Å². The maximum Gasteiger partial charge on any atom is 0.322 e. The van der Waals surface area contributed by atoms with Crippen molar-refractivity contribution in [2.24, 2.45) is 0 Å². The zero-order valence-electron chi connectivity index (χ0n) is 13.7. The first-order valence-electron chi connectivity index (χ1n) is 7.65. The van der Waals surface area contributed by atoms with Crippen LogP contribution in [0.1, 0.15) is 11.1 Å². The predicted octanol–water partition coefficient (Wildman–Crippen LogP) is 3.61. The summed E-state index contributed by atoms with van der Waals surface area (Å²) < 4.78 is 5.41. The molecule has 0 aliphatic rings. The van der Waals surface area contributed by atoms with Gasteiger partial charge in [0.15, 0.2) is 0 Å². The number of anilines is 1. The summed E-state index contributed by atoms with van der Waals surface area (Å²) in [4.78, 5) is 22.2. The minimum absolute atomic E-state index is 0.0331. The standard InChI is InChI=1S/C18H14N4O4/c1-12-5-8-14(9-6-12)17-20-21-18(26-17)19-16(23)10-7-13-3-2-4-15(11-13)22(24)25/h2-11H,1H3,(H,19,21,23)/b10-7+. The summed E-state index contributed by atoms with van der Waals surface area (Å²) in [6.45, 7) is 1.97. The predicted molar refractivity (Wildman–Crippen MR) is 95.2 cm³/mol. The Bertz CT molecular complexity index is 977. The van der Waals surface area contributed by atoms with Gasteiger partial charge in [0.25, 0.3) is 11.6 Å². The van der Waals surface area contributed by atoms with Crippen molar-refractivity contribution in [3.63, 3.8) is 0 Å². The van der Waals surface area contributed by atoms with Crippen molar-refractivity contribution in [1.29, 1.82) is 0 Å². The Labute approximate surface area is 148 Å². The largest absolute Gasteiger partial charge is 0.403 e. The monoisotopic (exact) mass is 350 g/mol. The third-order valence-corrected chi connectivity index (χ3v) is 3.46. The molecule has 130 valence electrons. The quantitative estimate of drug-likeness (QED) is 0.427. The van der Waals surface area contributed by atoms with E-state index in [9.17, 15) is 14.9 Å². The topological polar surface area (TPSA) is 111 Å². The molecular weight excluding hydrogens is 336 g/mol. The lowest BCUT2D eigenvalue weighted by molar-refractivity contribution is -0.384. The third kappa shape index (κ3) is 4.18. The van der Waals surface area contributed by atoms with E-state index in [0.29, 0.717) is 11.5 Å². The number of aromatic nitrogens is 2. The van der Waals surface area contributed by atoms with Crippen LogP contribution in [0.4, 0.5) is 11.7 Å². The molecule has 0 spiro atoms. The van der Waals surface area contributed by atoms with Gasteiger partial charge < -0.3 is 4.42 Å². The Morgan fingerprint density at radius 3 is 2.69 bits per heavy atom.